The maximum Gasteiger partial charge on any atom is 0.322 e. The third-order valence-corrected chi connectivity index (χ3v) is 5.76. The fourth-order valence-electron chi connectivity index (χ4n) is 4.00. The fourth-order valence-corrected chi connectivity index (χ4v) is 4.00. The second-order valence-corrected chi connectivity index (χ2v) is 8.48. The molecule has 1 aromatic carbocycles. The molecule has 0 bridgehead atoms. The van der Waals surface area contributed by atoms with Crippen LogP contribution >= 0.6 is 0 Å². The van der Waals surface area contributed by atoms with Gasteiger partial charge in [-0.2, -0.15) is 24.7 Å². The molecular formula is C23H27FN8O. The van der Waals surface area contributed by atoms with Crippen LogP contribution in [0.2, 0.25) is 0 Å². The molecule has 1 unspecified atom stereocenters. The summed E-state index contributed by atoms with van der Waals surface area (Å²) >= 11 is 0. The van der Waals surface area contributed by atoms with E-state index in [9.17, 15) is 4.39 Å². The van der Waals surface area contributed by atoms with Gasteiger partial charge in [-0.1, -0.05) is 19.9 Å². The standard InChI is InChI=1S/C23H27FN8O/c1-15(2)19-14-28-32-21(19)29-23(33-18-5-3-8-25-13-18)30-22(32)26-12-16-6-7-17(24)11-20(16)31-10-4-9-27-31/h4,6-7,9-11,14-15,18,25H,3,5,8,12-13H2,1-2H3,(H,26,29,30). The highest BCUT2D eigenvalue weighted by Gasteiger charge is 2.20. The van der Waals surface area contributed by atoms with Crippen molar-refractivity contribution in [2.24, 2.45) is 0 Å². The van der Waals surface area contributed by atoms with Crippen LogP contribution in [0.15, 0.2) is 42.9 Å². The Kier molecular flexibility index (Phi) is 5.91. The van der Waals surface area contributed by atoms with Crippen molar-refractivity contribution in [3.05, 3.63) is 59.8 Å². The highest BCUT2D eigenvalue weighted by atomic mass is 19.1. The zero-order valence-corrected chi connectivity index (χ0v) is 18.7. The third kappa shape index (κ3) is 4.51. The number of nitrogens with zero attached hydrogens (tertiary/aromatic N) is 6. The Labute approximate surface area is 191 Å². The minimum atomic E-state index is -0.320. The summed E-state index contributed by atoms with van der Waals surface area (Å²) in [5.74, 6) is 0.443. The molecule has 4 heterocycles. The molecule has 1 fully saturated rings. The second kappa shape index (κ2) is 9.14. The number of hydrogen-bond acceptors (Lipinski definition) is 7. The van der Waals surface area contributed by atoms with Crippen molar-refractivity contribution in [3.63, 3.8) is 0 Å². The Bertz CT molecular complexity index is 1230. The first-order valence-corrected chi connectivity index (χ1v) is 11.2. The fraction of sp³-hybridized carbons (Fsp3) is 0.391. The van der Waals surface area contributed by atoms with Crippen molar-refractivity contribution >= 4 is 11.6 Å². The van der Waals surface area contributed by atoms with Crippen LogP contribution in [0.4, 0.5) is 10.3 Å². The predicted molar refractivity (Wildman–Crippen MR) is 122 cm³/mol. The Hall–Kier alpha value is -3.53. The summed E-state index contributed by atoms with van der Waals surface area (Å²) in [5.41, 5.74) is 3.26. The van der Waals surface area contributed by atoms with Gasteiger partial charge in [0.25, 0.3) is 0 Å². The van der Waals surface area contributed by atoms with Crippen molar-refractivity contribution < 1.29 is 9.13 Å². The van der Waals surface area contributed by atoms with E-state index in [4.69, 9.17) is 4.74 Å². The van der Waals surface area contributed by atoms with E-state index < -0.39 is 0 Å². The minimum absolute atomic E-state index is 0.0305. The monoisotopic (exact) mass is 450 g/mol. The molecule has 9 nitrogen and oxygen atoms in total. The van der Waals surface area contributed by atoms with Gasteiger partial charge in [-0.05, 0) is 49.1 Å². The number of aromatic nitrogens is 6. The van der Waals surface area contributed by atoms with E-state index in [1.807, 2.05) is 6.20 Å². The van der Waals surface area contributed by atoms with E-state index in [1.165, 1.54) is 12.1 Å². The van der Waals surface area contributed by atoms with Gasteiger partial charge in [-0.3, -0.25) is 0 Å². The molecular weight excluding hydrogens is 423 g/mol. The van der Waals surface area contributed by atoms with Crippen LogP contribution < -0.4 is 15.4 Å². The average molecular weight is 451 g/mol. The van der Waals surface area contributed by atoms with Gasteiger partial charge in [-0.25, -0.2) is 9.07 Å². The van der Waals surface area contributed by atoms with Crippen LogP contribution in [0, 0.1) is 5.82 Å². The van der Waals surface area contributed by atoms with Gasteiger partial charge in [0.2, 0.25) is 5.95 Å². The number of hydrogen-bond donors (Lipinski definition) is 2. The maximum atomic E-state index is 13.9. The Morgan fingerprint density at radius 2 is 2.18 bits per heavy atom. The zero-order valence-electron chi connectivity index (χ0n) is 18.7. The van der Waals surface area contributed by atoms with Gasteiger partial charge in [0.05, 0.1) is 11.9 Å². The van der Waals surface area contributed by atoms with Gasteiger partial charge in [0.15, 0.2) is 5.65 Å². The summed E-state index contributed by atoms with van der Waals surface area (Å²) in [4.78, 5) is 9.30. The highest BCUT2D eigenvalue weighted by molar-refractivity contribution is 5.53. The summed E-state index contributed by atoms with van der Waals surface area (Å²) in [6, 6.07) is 6.78. The molecule has 0 aliphatic carbocycles. The molecule has 0 amide bonds. The Morgan fingerprint density at radius 3 is 2.94 bits per heavy atom. The van der Waals surface area contributed by atoms with Crippen LogP contribution in [-0.2, 0) is 6.54 Å². The number of piperidine rings is 1. The Balaban J connectivity index is 1.47. The number of nitrogens with one attached hydrogen (secondary N) is 2. The van der Waals surface area contributed by atoms with Gasteiger partial charge in [-0.15, -0.1) is 0 Å². The van der Waals surface area contributed by atoms with Gasteiger partial charge >= 0.3 is 6.01 Å². The quantitative estimate of drug-likeness (QED) is 0.446. The number of anilines is 1. The van der Waals surface area contributed by atoms with Crippen molar-refractivity contribution in [2.75, 3.05) is 18.4 Å². The predicted octanol–water partition coefficient (Wildman–Crippen LogP) is 3.32. The normalized spacial score (nSPS) is 16.4. The molecule has 33 heavy (non-hydrogen) atoms. The summed E-state index contributed by atoms with van der Waals surface area (Å²) in [5, 5.41) is 15.5. The minimum Gasteiger partial charge on any atom is -0.459 e. The van der Waals surface area contributed by atoms with E-state index in [2.05, 4.69) is 44.6 Å². The lowest BCUT2D eigenvalue weighted by Crippen LogP contribution is -2.37. The molecule has 2 N–H and O–H groups in total. The molecule has 1 saturated heterocycles. The lowest BCUT2D eigenvalue weighted by molar-refractivity contribution is 0.153. The van der Waals surface area contributed by atoms with E-state index in [1.54, 1.807) is 33.7 Å². The molecule has 172 valence electrons. The summed E-state index contributed by atoms with van der Waals surface area (Å²) < 4.78 is 23.4. The number of fused-ring (bicyclic) bond motifs is 1. The number of halogens is 1. The van der Waals surface area contributed by atoms with Crippen molar-refractivity contribution in [1.29, 1.82) is 0 Å². The second-order valence-electron chi connectivity index (χ2n) is 8.48. The third-order valence-electron chi connectivity index (χ3n) is 5.76. The van der Waals surface area contributed by atoms with Crippen molar-refractivity contribution in [1.82, 2.24) is 34.7 Å². The largest absolute Gasteiger partial charge is 0.459 e. The lowest BCUT2D eigenvalue weighted by atomic mass is 10.1. The number of benzene rings is 1. The average Bonchev–Trinajstić information content (AvgIpc) is 3.49. The van der Waals surface area contributed by atoms with Crippen LogP contribution in [0.1, 0.15) is 43.7 Å². The molecule has 10 heteroatoms. The van der Waals surface area contributed by atoms with Gasteiger partial charge in [0, 0.05) is 31.0 Å². The maximum absolute atomic E-state index is 13.9. The van der Waals surface area contributed by atoms with Crippen molar-refractivity contribution in [3.8, 4) is 11.7 Å². The molecule has 5 rings (SSSR count). The molecule has 4 aromatic rings. The van der Waals surface area contributed by atoms with Gasteiger partial charge in [0.1, 0.15) is 11.9 Å². The smallest absolute Gasteiger partial charge is 0.322 e. The first-order chi connectivity index (χ1) is 16.1. The summed E-state index contributed by atoms with van der Waals surface area (Å²) in [6.07, 6.45) is 7.32. The zero-order chi connectivity index (χ0) is 22.8. The molecule has 1 aliphatic rings. The SMILES string of the molecule is CC(C)c1cnn2c(NCc3ccc(F)cc3-n3cccn3)nc(OC3CCCNC3)nc12. The van der Waals surface area contributed by atoms with E-state index in [-0.39, 0.29) is 17.8 Å². The molecule has 0 radical (unpaired) electrons. The van der Waals surface area contributed by atoms with Crippen molar-refractivity contribution in [2.45, 2.75) is 45.3 Å². The first kappa shape index (κ1) is 21.3. The van der Waals surface area contributed by atoms with Gasteiger partial charge < -0.3 is 15.4 Å². The first-order valence-electron chi connectivity index (χ1n) is 11.2. The van der Waals surface area contributed by atoms with E-state index in [0.717, 1.165) is 37.1 Å². The van der Waals surface area contributed by atoms with E-state index in [0.29, 0.717) is 29.8 Å². The summed E-state index contributed by atoms with van der Waals surface area (Å²) in [6.45, 7) is 6.38. The topological polar surface area (TPSA) is 94.2 Å². The number of rotatable bonds is 7. The van der Waals surface area contributed by atoms with Crippen LogP contribution in [0.5, 0.6) is 6.01 Å². The molecule has 1 atom stereocenters. The van der Waals surface area contributed by atoms with Crippen LogP contribution in [0.3, 0.4) is 0 Å². The number of ether oxygens (including phenoxy) is 1. The molecule has 0 spiro atoms. The summed E-state index contributed by atoms with van der Waals surface area (Å²) in [7, 11) is 0. The molecule has 0 saturated carbocycles. The van der Waals surface area contributed by atoms with Crippen LogP contribution in [0.25, 0.3) is 11.3 Å². The highest BCUT2D eigenvalue weighted by Crippen LogP contribution is 2.24. The Morgan fingerprint density at radius 1 is 1.27 bits per heavy atom. The van der Waals surface area contributed by atoms with E-state index >= 15 is 0 Å². The lowest BCUT2D eigenvalue weighted by Gasteiger charge is -2.23. The molecule has 1 aliphatic heterocycles. The van der Waals surface area contributed by atoms with Crippen LogP contribution in [-0.4, -0.2) is 48.6 Å². The molecule has 3 aromatic heterocycles.